The lowest BCUT2D eigenvalue weighted by Crippen LogP contribution is -2.51. The Morgan fingerprint density at radius 1 is 1.36 bits per heavy atom. The molecule has 3 rings (SSSR count). The maximum atomic E-state index is 12.7. The minimum absolute atomic E-state index is 0.0406. The molecule has 1 aromatic carbocycles. The van der Waals surface area contributed by atoms with Crippen molar-refractivity contribution in [1.29, 1.82) is 0 Å². The number of primary amides is 1. The Hall–Kier alpha value is -2.34. The van der Waals surface area contributed by atoms with Gasteiger partial charge in [-0.2, -0.15) is 0 Å². The molecule has 2 atom stereocenters. The van der Waals surface area contributed by atoms with E-state index in [1.54, 1.807) is 11.9 Å². The van der Waals surface area contributed by atoms with Gasteiger partial charge in [0.25, 0.3) is 0 Å². The number of piperidine rings is 1. The lowest BCUT2D eigenvalue weighted by molar-refractivity contribution is -0.135. The molecule has 2 aromatic rings. The van der Waals surface area contributed by atoms with Crippen LogP contribution in [0.15, 0.2) is 34.7 Å². The molecule has 2 unspecified atom stereocenters. The van der Waals surface area contributed by atoms with Crippen LogP contribution in [0.25, 0.3) is 11.0 Å². The third-order valence-electron chi connectivity index (χ3n) is 5.11. The zero-order valence-corrected chi connectivity index (χ0v) is 14.8. The monoisotopic (exact) mass is 343 g/mol. The second kappa shape index (κ2) is 7.27. The first-order chi connectivity index (χ1) is 12.0. The van der Waals surface area contributed by atoms with E-state index in [4.69, 9.17) is 10.2 Å². The average Bonchev–Trinajstić information content (AvgIpc) is 3.04. The lowest BCUT2D eigenvalue weighted by atomic mass is 10.0. The molecule has 0 spiro atoms. The fraction of sp³-hybridized carbons (Fsp3) is 0.474. The maximum absolute atomic E-state index is 12.7. The second-order valence-corrected chi connectivity index (χ2v) is 6.75. The normalized spacial score (nSPS) is 19.7. The van der Waals surface area contributed by atoms with Gasteiger partial charge < -0.3 is 15.1 Å². The zero-order valence-electron chi connectivity index (χ0n) is 14.8. The second-order valence-electron chi connectivity index (χ2n) is 6.75. The number of fused-ring (bicyclic) bond motifs is 1. The van der Waals surface area contributed by atoms with Crippen LogP contribution in [0.3, 0.4) is 0 Å². The number of likely N-dealkylation sites (N-methyl/N-ethyl adjacent to an activating group) is 1. The summed E-state index contributed by atoms with van der Waals surface area (Å²) in [6, 6.07) is 9.23. The molecule has 2 N–H and O–H groups in total. The number of carbonyl (C=O) groups excluding carboxylic acids is 2. The van der Waals surface area contributed by atoms with Gasteiger partial charge in [0.05, 0.1) is 18.6 Å². The van der Waals surface area contributed by atoms with Crippen LogP contribution < -0.4 is 5.73 Å². The van der Waals surface area contributed by atoms with Crippen molar-refractivity contribution in [2.45, 2.75) is 38.3 Å². The first-order valence-corrected chi connectivity index (χ1v) is 8.75. The molecule has 0 saturated carbocycles. The Bertz CT molecular complexity index is 737. The SMILES string of the molecule is CC(c1cc2ccccc2o1)N(C)C(=O)CN1CCCCC1C(N)=O. The molecule has 2 amide bonds. The van der Waals surface area contributed by atoms with Crippen molar-refractivity contribution >= 4 is 22.8 Å². The van der Waals surface area contributed by atoms with Crippen LogP contribution in [0.5, 0.6) is 0 Å². The van der Waals surface area contributed by atoms with Gasteiger partial charge in [-0.15, -0.1) is 0 Å². The van der Waals surface area contributed by atoms with Crippen LogP contribution in [0.2, 0.25) is 0 Å². The number of furan rings is 1. The zero-order chi connectivity index (χ0) is 18.0. The number of likely N-dealkylation sites (tertiary alicyclic amines) is 1. The molecule has 6 nitrogen and oxygen atoms in total. The van der Waals surface area contributed by atoms with Gasteiger partial charge in [-0.1, -0.05) is 24.6 Å². The van der Waals surface area contributed by atoms with Gasteiger partial charge >= 0.3 is 0 Å². The minimum atomic E-state index is -0.347. The number of hydrogen-bond donors (Lipinski definition) is 1. The largest absolute Gasteiger partial charge is 0.459 e. The van der Waals surface area contributed by atoms with Gasteiger partial charge in [0.1, 0.15) is 11.3 Å². The number of nitrogens with two attached hydrogens (primary N) is 1. The third kappa shape index (κ3) is 3.69. The molecule has 0 aliphatic carbocycles. The molecule has 1 aliphatic heterocycles. The van der Waals surface area contributed by atoms with Gasteiger partial charge in [0.15, 0.2) is 0 Å². The summed E-state index contributed by atoms with van der Waals surface area (Å²) < 4.78 is 5.87. The first kappa shape index (κ1) is 17.5. The number of benzene rings is 1. The number of para-hydroxylation sites is 1. The predicted octanol–water partition coefficient (Wildman–Crippen LogP) is 2.29. The Kier molecular flexibility index (Phi) is 5.08. The third-order valence-corrected chi connectivity index (χ3v) is 5.11. The van der Waals surface area contributed by atoms with Crippen molar-refractivity contribution in [1.82, 2.24) is 9.80 Å². The summed E-state index contributed by atoms with van der Waals surface area (Å²) in [5, 5.41) is 1.02. The molecule has 2 heterocycles. The Morgan fingerprint density at radius 3 is 2.84 bits per heavy atom. The van der Waals surface area contributed by atoms with Crippen molar-refractivity contribution in [3.05, 3.63) is 36.1 Å². The van der Waals surface area contributed by atoms with Crippen molar-refractivity contribution in [3.63, 3.8) is 0 Å². The highest BCUT2D eigenvalue weighted by atomic mass is 16.3. The van der Waals surface area contributed by atoms with E-state index < -0.39 is 0 Å². The summed E-state index contributed by atoms with van der Waals surface area (Å²) in [6.07, 6.45) is 2.69. The van der Waals surface area contributed by atoms with Crippen LogP contribution in [0.4, 0.5) is 0 Å². The number of carbonyl (C=O) groups is 2. The Labute approximate surface area is 147 Å². The molecular formula is C19H25N3O3. The number of amides is 2. The summed E-state index contributed by atoms with van der Waals surface area (Å²) >= 11 is 0. The van der Waals surface area contributed by atoms with Crippen molar-refractivity contribution < 1.29 is 14.0 Å². The van der Waals surface area contributed by atoms with E-state index >= 15 is 0 Å². The smallest absolute Gasteiger partial charge is 0.237 e. The Balaban J connectivity index is 1.69. The van der Waals surface area contributed by atoms with Gasteiger partial charge in [0.2, 0.25) is 11.8 Å². The van der Waals surface area contributed by atoms with E-state index in [1.807, 2.05) is 42.2 Å². The molecule has 25 heavy (non-hydrogen) atoms. The predicted molar refractivity (Wildman–Crippen MR) is 95.8 cm³/mol. The average molecular weight is 343 g/mol. The highest BCUT2D eigenvalue weighted by Crippen LogP contribution is 2.27. The first-order valence-electron chi connectivity index (χ1n) is 8.75. The number of hydrogen-bond acceptors (Lipinski definition) is 4. The van der Waals surface area contributed by atoms with Gasteiger partial charge in [0, 0.05) is 12.4 Å². The van der Waals surface area contributed by atoms with Crippen molar-refractivity contribution in [2.24, 2.45) is 5.73 Å². The summed E-state index contributed by atoms with van der Waals surface area (Å²) in [5.41, 5.74) is 6.30. The van der Waals surface area contributed by atoms with E-state index in [0.29, 0.717) is 0 Å². The standard InChI is InChI=1S/C19H25N3O3/c1-13(17-11-14-7-3-4-9-16(14)25-17)21(2)18(23)12-22-10-6-5-8-15(22)19(20)24/h3-4,7,9,11,13,15H,5-6,8,10,12H2,1-2H3,(H2,20,24). The van der Waals surface area contributed by atoms with Crippen molar-refractivity contribution in [3.8, 4) is 0 Å². The van der Waals surface area contributed by atoms with Crippen LogP contribution in [0, 0.1) is 0 Å². The molecule has 1 aromatic heterocycles. The highest BCUT2D eigenvalue weighted by Gasteiger charge is 2.30. The van der Waals surface area contributed by atoms with Crippen LogP contribution in [0.1, 0.15) is 38.0 Å². The van der Waals surface area contributed by atoms with E-state index in [2.05, 4.69) is 0 Å². The topological polar surface area (TPSA) is 79.8 Å². The molecule has 1 fully saturated rings. The minimum Gasteiger partial charge on any atom is -0.459 e. The molecular weight excluding hydrogens is 318 g/mol. The highest BCUT2D eigenvalue weighted by molar-refractivity contribution is 5.83. The van der Waals surface area contributed by atoms with Crippen LogP contribution >= 0.6 is 0 Å². The van der Waals surface area contributed by atoms with Gasteiger partial charge in [-0.3, -0.25) is 14.5 Å². The molecule has 1 saturated heterocycles. The molecule has 6 heteroatoms. The van der Waals surface area contributed by atoms with Crippen molar-refractivity contribution in [2.75, 3.05) is 20.1 Å². The quantitative estimate of drug-likeness (QED) is 0.903. The van der Waals surface area contributed by atoms with E-state index in [-0.39, 0.29) is 30.4 Å². The van der Waals surface area contributed by atoms with E-state index in [1.165, 1.54) is 0 Å². The molecule has 1 aliphatic rings. The van der Waals surface area contributed by atoms with Gasteiger partial charge in [-0.25, -0.2) is 0 Å². The summed E-state index contributed by atoms with van der Waals surface area (Å²) in [4.78, 5) is 27.9. The number of nitrogens with zero attached hydrogens (tertiary/aromatic N) is 2. The molecule has 0 radical (unpaired) electrons. The molecule has 0 bridgehead atoms. The maximum Gasteiger partial charge on any atom is 0.237 e. The van der Waals surface area contributed by atoms with Crippen LogP contribution in [-0.2, 0) is 9.59 Å². The summed E-state index contributed by atoms with van der Waals surface area (Å²) in [6.45, 7) is 2.87. The van der Waals surface area contributed by atoms with E-state index in [9.17, 15) is 9.59 Å². The fourth-order valence-electron chi connectivity index (χ4n) is 3.40. The van der Waals surface area contributed by atoms with E-state index in [0.717, 1.165) is 42.5 Å². The fourth-order valence-corrected chi connectivity index (χ4v) is 3.40. The number of rotatable bonds is 5. The lowest BCUT2D eigenvalue weighted by Gasteiger charge is -2.34. The summed E-state index contributed by atoms with van der Waals surface area (Å²) in [5.74, 6) is 0.365. The summed E-state index contributed by atoms with van der Waals surface area (Å²) in [7, 11) is 1.77. The Morgan fingerprint density at radius 2 is 2.12 bits per heavy atom. The molecule has 134 valence electrons. The van der Waals surface area contributed by atoms with Gasteiger partial charge in [-0.05, 0) is 38.4 Å². The van der Waals surface area contributed by atoms with Crippen LogP contribution in [-0.4, -0.2) is 47.8 Å².